The number of nitrogens with one attached hydrogen (secondary N) is 2. The van der Waals surface area contributed by atoms with Gasteiger partial charge in [-0.3, -0.25) is 4.79 Å². The van der Waals surface area contributed by atoms with Crippen LogP contribution in [-0.2, 0) is 4.79 Å². The standard InChI is InChI=1S/C14H15BrN4O/c1-3-14(20)17-13-7-6-12(18-19-13)16-11-5-4-10(15)8-9(11)2/h4-8H,3H2,1-2H3,(H,16,18)(H,17,19,20). The molecule has 0 bridgehead atoms. The number of carbonyl (C=O) groups is 1. The lowest BCUT2D eigenvalue weighted by molar-refractivity contribution is -0.115. The molecule has 0 aliphatic heterocycles. The van der Waals surface area contributed by atoms with Crippen molar-refractivity contribution in [2.45, 2.75) is 20.3 Å². The summed E-state index contributed by atoms with van der Waals surface area (Å²) in [6.45, 7) is 3.80. The molecule has 0 aliphatic carbocycles. The summed E-state index contributed by atoms with van der Waals surface area (Å²) in [6.07, 6.45) is 0.416. The fraction of sp³-hybridized carbons (Fsp3) is 0.214. The molecule has 0 aliphatic rings. The second-order valence-corrected chi connectivity index (χ2v) is 5.21. The highest BCUT2D eigenvalue weighted by Gasteiger charge is 2.03. The van der Waals surface area contributed by atoms with Crippen LogP contribution in [0.1, 0.15) is 18.9 Å². The van der Waals surface area contributed by atoms with Crippen molar-refractivity contribution in [3.8, 4) is 0 Å². The molecule has 6 heteroatoms. The number of rotatable bonds is 4. The predicted octanol–water partition coefficient (Wildman–Crippen LogP) is 3.64. The molecule has 1 heterocycles. The fourth-order valence-electron chi connectivity index (χ4n) is 1.60. The molecule has 0 atom stereocenters. The van der Waals surface area contributed by atoms with Gasteiger partial charge in [-0.2, -0.15) is 0 Å². The Balaban J connectivity index is 2.08. The minimum absolute atomic E-state index is 0.0798. The van der Waals surface area contributed by atoms with Crippen LogP contribution in [0.3, 0.4) is 0 Å². The van der Waals surface area contributed by atoms with Crippen molar-refractivity contribution < 1.29 is 4.79 Å². The SMILES string of the molecule is CCC(=O)Nc1ccc(Nc2ccc(Br)cc2C)nn1. The van der Waals surface area contributed by atoms with Crippen LogP contribution in [0.15, 0.2) is 34.8 Å². The largest absolute Gasteiger partial charge is 0.339 e. The number of aromatic nitrogens is 2. The van der Waals surface area contributed by atoms with Crippen molar-refractivity contribution in [1.29, 1.82) is 0 Å². The smallest absolute Gasteiger partial charge is 0.225 e. The first-order chi connectivity index (χ1) is 9.58. The third-order valence-electron chi connectivity index (χ3n) is 2.70. The van der Waals surface area contributed by atoms with Crippen LogP contribution in [0, 0.1) is 6.92 Å². The summed E-state index contributed by atoms with van der Waals surface area (Å²) in [5.41, 5.74) is 2.07. The van der Waals surface area contributed by atoms with Crippen molar-refractivity contribution in [2.75, 3.05) is 10.6 Å². The van der Waals surface area contributed by atoms with Gasteiger partial charge < -0.3 is 10.6 Å². The van der Waals surface area contributed by atoms with Crippen molar-refractivity contribution in [2.24, 2.45) is 0 Å². The van der Waals surface area contributed by atoms with Crippen molar-refractivity contribution >= 4 is 39.2 Å². The summed E-state index contributed by atoms with van der Waals surface area (Å²) >= 11 is 3.42. The number of hydrogen-bond acceptors (Lipinski definition) is 4. The van der Waals surface area contributed by atoms with E-state index in [0.29, 0.717) is 18.1 Å². The Morgan fingerprint density at radius 3 is 2.50 bits per heavy atom. The summed E-state index contributed by atoms with van der Waals surface area (Å²) in [4.78, 5) is 11.2. The maximum atomic E-state index is 11.2. The summed E-state index contributed by atoms with van der Waals surface area (Å²) in [5, 5.41) is 13.8. The first-order valence-electron chi connectivity index (χ1n) is 6.25. The summed E-state index contributed by atoms with van der Waals surface area (Å²) in [7, 11) is 0. The highest BCUT2D eigenvalue weighted by molar-refractivity contribution is 9.10. The molecule has 0 saturated carbocycles. The Morgan fingerprint density at radius 2 is 1.90 bits per heavy atom. The lowest BCUT2D eigenvalue weighted by Crippen LogP contribution is -2.11. The number of carbonyl (C=O) groups excluding carboxylic acids is 1. The second-order valence-electron chi connectivity index (χ2n) is 4.29. The Bertz CT molecular complexity index is 613. The molecule has 1 aromatic heterocycles. The zero-order chi connectivity index (χ0) is 14.5. The number of amides is 1. The van der Waals surface area contributed by atoms with Crippen LogP contribution in [0.5, 0.6) is 0 Å². The van der Waals surface area contributed by atoms with Crippen LogP contribution in [0.4, 0.5) is 17.3 Å². The van der Waals surface area contributed by atoms with E-state index in [2.05, 4.69) is 36.8 Å². The number of anilines is 3. The predicted molar refractivity (Wildman–Crippen MR) is 83.1 cm³/mol. The molecule has 0 radical (unpaired) electrons. The third-order valence-corrected chi connectivity index (χ3v) is 3.20. The zero-order valence-electron chi connectivity index (χ0n) is 11.3. The second kappa shape index (κ2) is 6.47. The van der Waals surface area contributed by atoms with E-state index in [4.69, 9.17) is 0 Å². The van der Waals surface area contributed by atoms with Gasteiger partial charge in [-0.05, 0) is 42.8 Å². The molecular weight excluding hydrogens is 320 g/mol. The molecule has 2 aromatic rings. The first kappa shape index (κ1) is 14.5. The Morgan fingerprint density at radius 1 is 1.20 bits per heavy atom. The quantitative estimate of drug-likeness (QED) is 0.895. The number of benzene rings is 1. The molecule has 2 N–H and O–H groups in total. The minimum Gasteiger partial charge on any atom is -0.339 e. The highest BCUT2D eigenvalue weighted by atomic mass is 79.9. The van der Waals surface area contributed by atoms with Gasteiger partial charge >= 0.3 is 0 Å². The van der Waals surface area contributed by atoms with E-state index >= 15 is 0 Å². The number of aryl methyl sites for hydroxylation is 1. The van der Waals surface area contributed by atoms with E-state index in [1.54, 1.807) is 19.1 Å². The van der Waals surface area contributed by atoms with Gasteiger partial charge in [-0.15, -0.1) is 10.2 Å². The van der Waals surface area contributed by atoms with E-state index in [1.807, 2.05) is 25.1 Å². The average Bonchev–Trinajstić information content (AvgIpc) is 2.44. The van der Waals surface area contributed by atoms with Crippen molar-refractivity contribution in [3.63, 3.8) is 0 Å². The lowest BCUT2D eigenvalue weighted by atomic mass is 10.2. The number of hydrogen-bond donors (Lipinski definition) is 2. The van der Waals surface area contributed by atoms with E-state index in [9.17, 15) is 4.79 Å². The van der Waals surface area contributed by atoms with Crippen LogP contribution in [0.25, 0.3) is 0 Å². The molecule has 1 aromatic carbocycles. The molecule has 0 fully saturated rings. The van der Waals surface area contributed by atoms with E-state index < -0.39 is 0 Å². The van der Waals surface area contributed by atoms with Gasteiger partial charge in [0.1, 0.15) is 0 Å². The fourth-order valence-corrected chi connectivity index (χ4v) is 2.08. The molecule has 2 rings (SSSR count). The molecule has 0 spiro atoms. The van der Waals surface area contributed by atoms with Crippen molar-refractivity contribution in [1.82, 2.24) is 10.2 Å². The highest BCUT2D eigenvalue weighted by Crippen LogP contribution is 2.22. The average molecular weight is 335 g/mol. The minimum atomic E-state index is -0.0798. The van der Waals surface area contributed by atoms with Crippen molar-refractivity contribution in [3.05, 3.63) is 40.4 Å². The molecule has 0 unspecified atom stereocenters. The Kier molecular flexibility index (Phi) is 4.68. The number of nitrogens with zero attached hydrogens (tertiary/aromatic N) is 2. The van der Waals surface area contributed by atoms with Gasteiger partial charge in [-0.1, -0.05) is 22.9 Å². The van der Waals surface area contributed by atoms with Gasteiger partial charge in [0.05, 0.1) is 0 Å². The zero-order valence-corrected chi connectivity index (χ0v) is 12.9. The summed E-state index contributed by atoms with van der Waals surface area (Å²) in [6, 6.07) is 9.44. The molecule has 104 valence electrons. The Hall–Kier alpha value is -1.95. The van der Waals surface area contributed by atoms with E-state index in [-0.39, 0.29) is 5.91 Å². The molecule has 1 amide bonds. The van der Waals surface area contributed by atoms with Gasteiger partial charge in [-0.25, -0.2) is 0 Å². The maximum Gasteiger partial charge on any atom is 0.225 e. The summed E-state index contributed by atoms with van der Waals surface area (Å²) < 4.78 is 1.03. The molecule has 20 heavy (non-hydrogen) atoms. The molecule has 5 nitrogen and oxygen atoms in total. The Labute approximate surface area is 125 Å². The topological polar surface area (TPSA) is 66.9 Å². The normalized spacial score (nSPS) is 10.2. The van der Waals surface area contributed by atoms with E-state index in [1.165, 1.54) is 0 Å². The van der Waals surface area contributed by atoms with Gasteiger partial charge in [0, 0.05) is 16.6 Å². The van der Waals surface area contributed by atoms with Crippen LogP contribution < -0.4 is 10.6 Å². The summed E-state index contributed by atoms with van der Waals surface area (Å²) in [5.74, 6) is 1.00. The number of halogens is 1. The van der Waals surface area contributed by atoms with Gasteiger partial charge in [0.15, 0.2) is 11.6 Å². The third kappa shape index (κ3) is 3.77. The van der Waals surface area contributed by atoms with E-state index in [0.717, 1.165) is 15.7 Å². The van der Waals surface area contributed by atoms with Crippen LogP contribution in [-0.4, -0.2) is 16.1 Å². The molecule has 0 saturated heterocycles. The monoisotopic (exact) mass is 334 g/mol. The maximum absolute atomic E-state index is 11.2. The van der Waals surface area contributed by atoms with Gasteiger partial charge in [0.2, 0.25) is 5.91 Å². The first-order valence-corrected chi connectivity index (χ1v) is 7.04. The van der Waals surface area contributed by atoms with Crippen LogP contribution in [0.2, 0.25) is 0 Å². The lowest BCUT2D eigenvalue weighted by Gasteiger charge is -2.09. The van der Waals surface area contributed by atoms with Crippen LogP contribution >= 0.6 is 15.9 Å². The van der Waals surface area contributed by atoms with Gasteiger partial charge in [0.25, 0.3) is 0 Å². The molecular formula is C14H15BrN4O.